The monoisotopic (exact) mass is 299 g/mol. The number of hydrogen-bond acceptors (Lipinski definition) is 2. The zero-order chi connectivity index (χ0) is 14.5. The molecule has 1 atom stereocenters. The van der Waals surface area contributed by atoms with E-state index in [-0.39, 0.29) is 0 Å². The van der Waals surface area contributed by atoms with Crippen LogP contribution in [0.3, 0.4) is 0 Å². The first-order valence-corrected chi connectivity index (χ1v) is 10.3. The van der Waals surface area contributed by atoms with Gasteiger partial charge in [-0.15, -0.1) is 0 Å². The molecule has 1 aliphatic rings. The van der Waals surface area contributed by atoms with Crippen molar-refractivity contribution in [3.05, 3.63) is 0 Å². The maximum Gasteiger partial charge on any atom is 0.00697 e. The van der Waals surface area contributed by atoms with E-state index in [1.54, 1.807) is 0 Å². The second-order valence-electron chi connectivity index (χ2n) is 6.50. The van der Waals surface area contributed by atoms with Gasteiger partial charge in [0.25, 0.3) is 0 Å². The van der Waals surface area contributed by atoms with Gasteiger partial charge in [-0.3, -0.25) is 0 Å². The molecule has 20 heavy (non-hydrogen) atoms. The van der Waals surface area contributed by atoms with Crippen molar-refractivity contribution in [1.82, 2.24) is 5.32 Å². The molecule has 1 rings (SSSR count). The molecule has 0 amide bonds. The number of thioether (sulfide) groups is 1. The third-order valence-corrected chi connectivity index (χ3v) is 5.60. The summed E-state index contributed by atoms with van der Waals surface area (Å²) in [5, 5.41) is 3.81. The molecule has 1 heterocycles. The van der Waals surface area contributed by atoms with Crippen molar-refractivity contribution in [2.24, 2.45) is 5.92 Å². The van der Waals surface area contributed by atoms with Crippen molar-refractivity contribution >= 4 is 11.8 Å². The number of nitrogens with one attached hydrogen (secondary N) is 1. The average Bonchev–Trinajstić information content (AvgIpc) is 2.49. The van der Waals surface area contributed by atoms with Crippen LogP contribution in [0.25, 0.3) is 0 Å². The summed E-state index contributed by atoms with van der Waals surface area (Å²) < 4.78 is 0. The Morgan fingerprint density at radius 1 is 0.950 bits per heavy atom. The summed E-state index contributed by atoms with van der Waals surface area (Å²) in [6.45, 7) is 5.79. The minimum absolute atomic E-state index is 0.800. The first-order valence-electron chi connectivity index (χ1n) is 9.18. The first kappa shape index (κ1) is 18.4. The summed E-state index contributed by atoms with van der Waals surface area (Å²) in [4.78, 5) is 0. The maximum atomic E-state index is 3.81. The molecule has 1 aliphatic heterocycles. The zero-order valence-corrected chi connectivity index (χ0v) is 14.8. The highest BCUT2D eigenvalue weighted by molar-refractivity contribution is 7.99. The van der Waals surface area contributed by atoms with Crippen molar-refractivity contribution in [2.45, 2.75) is 90.5 Å². The van der Waals surface area contributed by atoms with E-state index in [2.05, 4.69) is 30.9 Å². The lowest BCUT2D eigenvalue weighted by Crippen LogP contribution is -2.32. The lowest BCUT2D eigenvalue weighted by Gasteiger charge is -2.27. The number of unbranched alkanes of at least 4 members (excludes halogenated alkanes) is 5. The molecule has 0 aliphatic carbocycles. The van der Waals surface area contributed by atoms with Gasteiger partial charge in [0.15, 0.2) is 0 Å². The van der Waals surface area contributed by atoms with Crippen LogP contribution in [-0.2, 0) is 0 Å². The van der Waals surface area contributed by atoms with Crippen LogP contribution in [0.5, 0.6) is 0 Å². The molecular formula is C18H37NS. The van der Waals surface area contributed by atoms with Crippen molar-refractivity contribution in [1.29, 1.82) is 0 Å². The van der Waals surface area contributed by atoms with Crippen LogP contribution in [0.2, 0.25) is 0 Å². The third-order valence-electron chi connectivity index (χ3n) is 4.55. The SMILES string of the molecule is CCCCCCCCC(CC1CCSCC1)NCCC. The maximum absolute atomic E-state index is 3.81. The minimum Gasteiger partial charge on any atom is -0.314 e. The standard InChI is InChI=1S/C18H37NS/c1-3-5-6-7-8-9-10-18(19-13-4-2)16-17-11-14-20-15-12-17/h17-19H,3-16H2,1-2H3. The predicted molar refractivity (Wildman–Crippen MR) is 94.7 cm³/mol. The molecule has 0 aromatic heterocycles. The fourth-order valence-corrected chi connectivity index (χ4v) is 4.41. The van der Waals surface area contributed by atoms with Gasteiger partial charge in [-0.25, -0.2) is 0 Å². The molecule has 0 spiro atoms. The molecule has 0 aromatic carbocycles. The van der Waals surface area contributed by atoms with E-state index in [9.17, 15) is 0 Å². The second-order valence-corrected chi connectivity index (χ2v) is 7.72. The van der Waals surface area contributed by atoms with E-state index in [4.69, 9.17) is 0 Å². The first-order chi connectivity index (χ1) is 9.86. The van der Waals surface area contributed by atoms with Crippen LogP contribution in [0, 0.1) is 5.92 Å². The van der Waals surface area contributed by atoms with Crippen LogP contribution >= 0.6 is 11.8 Å². The molecule has 120 valence electrons. The van der Waals surface area contributed by atoms with Crippen molar-refractivity contribution in [3.63, 3.8) is 0 Å². The molecular weight excluding hydrogens is 262 g/mol. The Morgan fingerprint density at radius 3 is 2.35 bits per heavy atom. The Labute approximate surface area is 132 Å². The Balaban J connectivity index is 2.13. The van der Waals surface area contributed by atoms with Crippen LogP contribution in [0.15, 0.2) is 0 Å². The summed E-state index contributed by atoms with van der Waals surface area (Å²) in [5.74, 6) is 3.82. The van der Waals surface area contributed by atoms with E-state index >= 15 is 0 Å². The highest BCUT2D eigenvalue weighted by Crippen LogP contribution is 2.27. The van der Waals surface area contributed by atoms with Gasteiger partial charge < -0.3 is 5.32 Å². The Hall–Kier alpha value is 0.310. The fraction of sp³-hybridized carbons (Fsp3) is 1.00. The van der Waals surface area contributed by atoms with Gasteiger partial charge in [-0.2, -0.15) is 11.8 Å². The molecule has 2 heteroatoms. The van der Waals surface area contributed by atoms with E-state index in [1.807, 2.05) is 0 Å². The number of hydrogen-bond donors (Lipinski definition) is 1. The topological polar surface area (TPSA) is 12.0 Å². The molecule has 0 radical (unpaired) electrons. The van der Waals surface area contributed by atoms with Crippen LogP contribution in [-0.4, -0.2) is 24.1 Å². The summed E-state index contributed by atoms with van der Waals surface area (Å²) in [6.07, 6.45) is 15.6. The molecule has 1 N–H and O–H groups in total. The molecule has 1 saturated heterocycles. The molecule has 1 nitrogen and oxygen atoms in total. The molecule has 0 bridgehead atoms. The molecule has 0 aromatic rings. The smallest absolute Gasteiger partial charge is 0.00697 e. The van der Waals surface area contributed by atoms with E-state index in [1.165, 1.54) is 88.7 Å². The normalized spacial score (nSPS) is 18.3. The molecule has 1 unspecified atom stereocenters. The minimum atomic E-state index is 0.800. The predicted octanol–water partition coefficient (Wildman–Crippen LogP) is 5.64. The Morgan fingerprint density at radius 2 is 1.65 bits per heavy atom. The van der Waals surface area contributed by atoms with E-state index in [0.29, 0.717) is 0 Å². The van der Waals surface area contributed by atoms with E-state index < -0.39 is 0 Å². The molecule has 0 saturated carbocycles. The summed E-state index contributed by atoms with van der Waals surface area (Å²) in [5.41, 5.74) is 0. The van der Waals surface area contributed by atoms with Gasteiger partial charge in [-0.1, -0.05) is 52.4 Å². The van der Waals surface area contributed by atoms with Crippen molar-refractivity contribution in [3.8, 4) is 0 Å². The van der Waals surface area contributed by atoms with Crippen LogP contribution < -0.4 is 5.32 Å². The summed E-state index contributed by atoms with van der Waals surface area (Å²) >= 11 is 2.15. The van der Waals surface area contributed by atoms with Crippen LogP contribution in [0.4, 0.5) is 0 Å². The second kappa shape index (κ2) is 13.0. The van der Waals surface area contributed by atoms with Gasteiger partial charge in [0, 0.05) is 6.04 Å². The fourth-order valence-electron chi connectivity index (χ4n) is 3.21. The number of rotatable bonds is 12. The van der Waals surface area contributed by atoms with Crippen molar-refractivity contribution in [2.75, 3.05) is 18.1 Å². The van der Waals surface area contributed by atoms with Crippen LogP contribution in [0.1, 0.15) is 84.5 Å². The Kier molecular flexibility index (Phi) is 11.9. The average molecular weight is 300 g/mol. The Bertz CT molecular complexity index is 202. The lowest BCUT2D eigenvalue weighted by molar-refractivity contribution is 0.343. The van der Waals surface area contributed by atoms with Crippen molar-refractivity contribution < 1.29 is 0 Å². The zero-order valence-electron chi connectivity index (χ0n) is 14.0. The highest BCUT2D eigenvalue weighted by atomic mass is 32.2. The molecule has 1 fully saturated rings. The van der Waals surface area contributed by atoms with Gasteiger partial charge in [0.05, 0.1) is 0 Å². The highest BCUT2D eigenvalue weighted by Gasteiger charge is 2.18. The quantitative estimate of drug-likeness (QED) is 0.468. The lowest BCUT2D eigenvalue weighted by atomic mass is 9.91. The van der Waals surface area contributed by atoms with Gasteiger partial charge in [-0.05, 0) is 56.1 Å². The van der Waals surface area contributed by atoms with Gasteiger partial charge in [0.2, 0.25) is 0 Å². The van der Waals surface area contributed by atoms with Gasteiger partial charge in [0.1, 0.15) is 0 Å². The largest absolute Gasteiger partial charge is 0.314 e. The summed E-state index contributed by atoms with van der Waals surface area (Å²) in [7, 11) is 0. The van der Waals surface area contributed by atoms with E-state index in [0.717, 1.165) is 12.0 Å². The third kappa shape index (κ3) is 9.28. The summed E-state index contributed by atoms with van der Waals surface area (Å²) in [6, 6.07) is 0.800. The van der Waals surface area contributed by atoms with Gasteiger partial charge >= 0.3 is 0 Å².